The molecule has 0 saturated heterocycles. The first-order valence-corrected chi connectivity index (χ1v) is 7.93. The van der Waals surface area contributed by atoms with Gasteiger partial charge in [0.25, 0.3) is 0 Å². The molecule has 0 aromatic heterocycles. The van der Waals surface area contributed by atoms with E-state index in [1.807, 2.05) is 23.9 Å². The summed E-state index contributed by atoms with van der Waals surface area (Å²) in [5, 5.41) is 9.40. The average molecular weight is 318 g/mol. The maximum atomic E-state index is 9.40. The van der Waals surface area contributed by atoms with E-state index in [0.29, 0.717) is 6.04 Å². The van der Waals surface area contributed by atoms with Gasteiger partial charge in [0.15, 0.2) is 0 Å². The van der Waals surface area contributed by atoms with Crippen LogP contribution in [0.25, 0.3) is 0 Å². The van der Waals surface area contributed by atoms with E-state index >= 15 is 0 Å². The summed E-state index contributed by atoms with van der Waals surface area (Å²) in [6, 6.07) is 6.53. The number of aliphatic hydroxyl groups is 1. The predicted octanol–water partition coefficient (Wildman–Crippen LogP) is 3.52. The second-order valence-corrected chi connectivity index (χ2v) is 5.89. The van der Waals surface area contributed by atoms with E-state index < -0.39 is 0 Å². The Bertz CT molecular complexity index is 359. The largest absolute Gasteiger partial charge is 0.392 e. The Kier molecular flexibility index (Phi) is 6.38. The number of anilines is 1. The molecular weight excluding hydrogens is 298 g/mol. The van der Waals surface area contributed by atoms with Crippen molar-refractivity contribution in [3.8, 4) is 0 Å². The number of aliphatic hydroxyl groups excluding tert-OH is 1. The highest BCUT2D eigenvalue weighted by Gasteiger charge is 2.15. The number of hydrogen-bond acceptors (Lipinski definition) is 3. The van der Waals surface area contributed by atoms with Gasteiger partial charge in [-0.05, 0) is 24.8 Å². The van der Waals surface area contributed by atoms with Crippen LogP contribution in [0, 0.1) is 0 Å². The minimum atomic E-state index is 0.0860. The van der Waals surface area contributed by atoms with Gasteiger partial charge in [0.1, 0.15) is 0 Å². The van der Waals surface area contributed by atoms with Gasteiger partial charge in [0, 0.05) is 34.6 Å². The maximum absolute atomic E-state index is 9.40. The highest BCUT2D eigenvalue weighted by Crippen LogP contribution is 2.27. The van der Waals surface area contributed by atoms with Crippen LogP contribution >= 0.6 is 27.7 Å². The Labute approximate surface area is 117 Å². The van der Waals surface area contributed by atoms with E-state index in [-0.39, 0.29) is 6.61 Å². The minimum Gasteiger partial charge on any atom is -0.392 e. The molecule has 1 aromatic carbocycles. The normalized spacial score (nSPS) is 12.5. The molecule has 17 heavy (non-hydrogen) atoms. The SMILES string of the molecule is CCC(CSC)N(C)c1cc(Br)ccc1CO. The standard InChI is InChI=1S/C13H20BrNOS/c1-4-12(9-17-3)15(2)13-7-11(14)6-5-10(13)8-16/h5-7,12,16H,4,8-9H2,1-3H3. The van der Waals surface area contributed by atoms with Gasteiger partial charge in [-0.2, -0.15) is 11.8 Å². The number of nitrogens with zero attached hydrogens (tertiary/aromatic N) is 1. The predicted molar refractivity (Wildman–Crippen MR) is 80.9 cm³/mol. The third kappa shape index (κ3) is 3.90. The van der Waals surface area contributed by atoms with Crippen molar-refractivity contribution in [1.29, 1.82) is 0 Å². The van der Waals surface area contributed by atoms with Crippen LogP contribution in [0.4, 0.5) is 5.69 Å². The zero-order valence-electron chi connectivity index (χ0n) is 10.6. The Morgan fingerprint density at radius 3 is 2.71 bits per heavy atom. The van der Waals surface area contributed by atoms with Crippen LogP contribution in [0.3, 0.4) is 0 Å². The summed E-state index contributed by atoms with van der Waals surface area (Å²) < 4.78 is 1.05. The van der Waals surface area contributed by atoms with E-state index in [4.69, 9.17) is 0 Å². The molecule has 1 unspecified atom stereocenters. The third-order valence-corrected chi connectivity index (χ3v) is 4.19. The van der Waals surface area contributed by atoms with Crippen LogP contribution in [0.5, 0.6) is 0 Å². The lowest BCUT2D eigenvalue weighted by Gasteiger charge is -2.30. The van der Waals surface area contributed by atoms with Crippen molar-refractivity contribution in [2.24, 2.45) is 0 Å². The smallest absolute Gasteiger partial charge is 0.0702 e. The summed E-state index contributed by atoms with van der Waals surface area (Å²) in [6.07, 6.45) is 3.24. The molecule has 0 aliphatic carbocycles. The molecule has 0 heterocycles. The molecule has 2 nitrogen and oxygen atoms in total. The fourth-order valence-electron chi connectivity index (χ4n) is 1.89. The lowest BCUT2D eigenvalue weighted by molar-refractivity contribution is 0.282. The van der Waals surface area contributed by atoms with Crippen molar-refractivity contribution in [3.05, 3.63) is 28.2 Å². The molecule has 1 rings (SSSR count). The molecule has 0 amide bonds. The zero-order valence-corrected chi connectivity index (χ0v) is 13.0. The summed E-state index contributed by atoms with van der Waals surface area (Å²) in [7, 11) is 2.10. The highest BCUT2D eigenvalue weighted by atomic mass is 79.9. The Morgan fingerprint density at radius 1 is 1.47 bits per heavy atom. The lowest BCUT2D eigenvalue weighted by atomic mass is 10.1. The topological polar surface area (TPSA) is 23.5 Å². The zero-order chi connectivity index (χ0) is 12.8. The van der Waals surface area contributed by atoms with Crippen molar-refractivity contribution in [2.75, 3.05) is 24.0 Å². The third-order valence-electron chi connectivity index (χ3n) is 2.98. The van der Waals surface area contributed by atoms with E-state index in [1.54, 1.807) is 0 Å². The van der Waals surface area contributed by atoms with Gasteiger partial charge >= 0.3 is 0 Å². The van der Waals surface area contributed by atoms with Crippen LogP contribution in [0.1, 0.15) is 18.9 Å². The molecule has 1 aromatic rings. The van der Waals surface area contributed by atoms with Crippen LogP contribution in [0.15, 0.2) is 22.7 Å². The lowest BCUT2D eigenvalue weighted by Crippen LogP contribution is -2.33. The van der Waals surface area contributed by atoms with E-state index in [1.165, 1.54) is 0 Å². The van der Waals surface area contributed by atoms with Gasteiger partial charge in [-0.1, -0.05) is 28.9 Å². The van der Waals surface area contributed by atoms with Crippen molar-refractivity contribution >= 4 is 33.4 Å². The molecule has 0 saturated carbocycles. The fraction of sp³-hybridized carbons (Fsp3) is 0.538. The van der Waals surface area contributed by atoms with Gasteiger partial charge in [-0.15, -0.1) is 0 Å². The number of benzene rings is 1. The fourth-order valence-corrected chi connectivity index (χ4v) is 3.08. The van der Waals surface area contributed by atoms with E-state index in [2.05, 4.69) is 47.1 Å². The van der Waals surface area contributed by atoms with Gasteiger partial charge in [-0.3, -0.25) is 0 Å². The number of thioether (sulfide) groups is 1. The molecular formula is C13H20BrNOS. The Hall–Kier alpha value is -0.190. The summed E-state index contributed by atoms with van der Waals surface area (Å²) in [5.41, 5.74) is 2.10. The first-order chi connectivity index (χ1) is 8.13. The first kappa shape index (κ1) is 14.9. The number of rotatable bonds is 6. The van der Waals surface area contributed by atoms with Crippen LogP contribution in [-0.4, -0.2) is 30.2 Å². The van der Waals surface area contributed by atoms with Crippen molar-refractivity contribution < 1.29 is 5.11 Å². The molecule has 0 aliphatic rings. The minimum absolute atomic E-state index is 0.0860. The van der Waals surface area contributed by atoms with Crippen LogP contribution < -0.4 is 4.90 Å². The first-order valence-electron chi connectivity index (χ1n) is 5.75. The molecule has 96 valence electrons. The molecule has 0 radical (unpaired) electrons. The van der Waals surface area contributed by atoms with E-state index in [9.17, 15) is 5.11 Å². The monoisotopic (exact) mass is 317 g/mol. The average Bonchev–Trinajstić information content (AvgIpc) is 2.35. The van der Waals surface area contributed by atoms with Gasteiger partial charge in [0.05, 0.1) is 6.61 Å². The second-order valence-electron chi connectivity index (χ2n) is 4.06. The summed E-state index contributed by atoms with van der Waals surface area (Å²) >= 11 is 5.35. The Balaban J connectivity index is 2.99. The summed E-state index contributed by atoms with van der Waals surface area (Å²) in [6.45, 7) is 2.29. The van der Waals surface area contributed by atoms with Gasteiger partial charge in [-0.25, -0.2) is 0 Å². The molecule has 4 heteroatoms. The summed E-state index contributed by atoms with van der Waals surface area (Å²) in [4.78, 5) is 2.27. The molecule has 0 bridgehead atoms. The number of halogens is 1. The van der Waals surface area contributed by atoms with Crippen LogP contribution in [0.2, 0.25) is 0 Å². The Morgan fingerprint density at radius 2 is 2.18 bits per heavy atom. The summed E-state index contributed by atoms with van der Waals surface area (Å²) in [5.74, 6) is 1.10. The van der Waals surface area contributed by atoms with Crippen molar-refractivity contribution in [3.63, 3.8) is 0 Å². The quantitative estimate of drug-likeness (QED) is 0.868. The van der Waals surface area contributed by atoms with Gasteiger partial charge < -0.3 is 10.0 Å². The molecule has 1 atom stereocenters. The van der Waals surface area contributed by atoms with E-state index in [0.717, 1.165) is 27.9 Å². The molecule has 0 aliphatic heterocycles. The second kappa shape index (κ2) is 7.29. The highest BCUT2D eigenvalue weighted by molar-refractivity contribution is 9.10. The van der Waals surface area contributed by atoms with Crippen molar-refractivity contribution in [1.82, 2.24) is 0 Å². The maximum Gasteiger partial charge on any atom is 0.0702 e. The number of hydrogen-bond donors (Lipinski definition) is 1. The van der Waals surface area contributed by atoms with Crippen molar-refractivity contribution in [2.45, 2.75) is 26.0 Å². The molecule has 1 N–H and O–H groups in total. The molecule has 0 fully saturated rings. The molecule has 0 spiro atoms. The van der Waals surface area contributed by atoms with Crippen LogP contribution in [-0.2, 0) is 6.61 Å². The van der Waals surface area contributed by atoms with Gasteiger partial charge in [0.2, 0.25) is 0 Å².